The second-order valence-corrected chi connectivity index (χ2v) is 6.90. The van der Waals surface area contributed by atoms with Crippen molar-refractivity contribution in [2.24, 2.45) is 11.1 Å². The molecule has 2 unspecified atom stereocenters. The molecule has 7 heteroatoms. The summed E-state index contributed by atoms with van der Waals surface area (Å²) in [6.07, 6.45) is 4.27. The molecule has 0 amide bonds. The van der Waals surface area contributed by atoms with E-state index >= 15 is 0 Å². The highest BCUT2D eigenvalue weighted by molar-refractivity contribution is 7.89. The molecule has 0 radical (unpaired) electrons. The van der Waals surface area contributed by atoms with Gasteiger partial charge in [0.1, 0.15) is 16.8 Å². The lowest BCUT2D eigenvalue weighted by atomic mass is 9.85. The Kier molecular flexibility index (Phi) is 4.83. The standard InChI is InChI=1S/C14H19F2NO3S/c1-2-9-5-3-4-6-12(9)20-14-11(16)7-10(15)8-13(14)21(17,18)19/h7-9,12H,2-6H2,1H3,(H2,17,18,19). The molecular formula is C14H19F2NO3S. The largest absolute Gasteiger partial charge is 0.486 e. The van der Waals surface area contributed by atoms with E-state index < -0.39 is 32.3 Å². The highest BCUT2D eigenvalue weighted by Gasteiger charge is 2.29. The number of primary sulfonamides is 1. The number of benzene rings is 1. The maximum atomic E-state index is 13.9. The van der Waals surface area contributed by atoms with E-state index in [0.29, 0.717) is 12.1 Å². The normalized spacial score (nSPS) is 23.0. The molecule has 1 fully saturated rings. The van der Waals surface area contributed by atoms with E-state index in [4.69, 9.17) is 9.88 Å². The van der Waals surface area contributed by atoms with E-state index in [-0.39, 0.29) is 12.0 Å². The molecule has 0 saturated heterocycles. The first-order valence-electron chi connectivity index (χ1n) is 7.01. The number of hydrogen-bond acceptors (Lipinski definition) is 3. The molecule has 1 aliphatic rings. The summed E-state index contributed by atoms with van der Waals surface area (Å²) in [6.45, 7) is 2.01. The van der Waals surface area contributed by atoms with Crippen LogP contribution < -0.4 is 9.88 Å². The van der Waals surface area contributed by atoms with Crippen molar-refractivity contribution in [2.45, 2.75) is 50.0 Å². The van der Waals surface area contributed by atoms with Crippen LogP contribution in [0.3, 0.4) is 0 Å². The van der Waals surface area contributed by atoms with Crippen molar-refractivity contribution in [1.82, 2.24) is 0 Å². The highest BCUT2D eigenvalue weighted by atomic mass is 32.2. The van der Waals surface area contributed by atoms with E-state index in [9.17, 15) is 17.2 Å². The van der Waals surface area contributed by atoms with Gasteiger partial charge in [0.05, 0.1) is 0 Å². The average Bonchev–Trinajstić information content (AvgIpc) is 2.40. The number of nitrogens with two attached hydrogens (primary N) is 1. The molecule has 21 heavy (non-hydrogen) atoms. The van der Waals surface area contributed by atoms with E-state index in [1.54, 1.807) is 0 Å². The minimum atomic E-state index is -4.26. The molecule has 1 saturated carbocycles. The van der Waals surface area contributed by atoms with Crippen molar-refractivity contribution < 1.29 is 21.9 Å². The fourth-order valence-electron chi connectivity index (χ4n) is 2.81. The summed E-state index contributed by atoms with van der Waals surface area (Å²) < 4.78 is 55.8. The van der Waals surface area contributed by atoms with Gasteiger partial charge >= 0.3 is 0 Å². The third kappa shape index (κ3) is 3.71. The zero-order chi connectivity index (χ0) is 15.6. The highest BCUT2D eigenvalue weighted by Crippen LogP contribution is 2.34. The summed E-state index contributed by atoms with van der Waals surface area (Å²) in [4.78, 5) is -0.638. The predicted octanol–water partition coefficient (Wildman–Crippen LogP) is 2.96. The van der Waals surface area contributed by atoms with Crippen LogP contribution in [0.5, 0.6) is 5.75 Å². The Hall–Kier alpha value is -1.21. The first kappa shape index (κ1) is 16.2. The van der Waals surface area contributed by atoms with Crippen molar-refractivity contribution in [1.29, 1.82) is 0 Å². The van der Waals surface area contributed by atoms with Crippen LogP contribution >= 0.6 is 0 Å². The van der Waals surface area contributed by atoms with Crippen LogP contribution in [-0.4, -0.2) is 14.5 Å². The third-order valence-corrected chi connectivity index (χ3v) is 4.83. The Balaban J connectivity index is 2.39. The first-order chi connectivity index (χ1) is 9.82. The van der Waals surface area contributed by atoms with Crippen LogP contribution in [0.25, 0.3) is 0 Å². The van der Waals surface area contributed by atoms with Crippen molar-refractivity contribution in [2.75, 3.05) is 0 Å². The number of halogens is 2. The van der Waals surface area contributed by atoms with Gasteiger partial charge in [-0.25, -0.2) is 22.3 Å². The minimum Gasteiger partial charge on any atom is -0.486 e. The van der Waals surface area contributed by atoms with Gasteiger partial charge in [-0.15, -0.1) is 0 Å². The zero-order valence-corrected chi connectivity index (χ0v) is 12.6. The Morgan fingerprint density at radius 2 is 1.95 bits per heavy atom. The van der Waals surface area contributed by atoms with Crippen LogP contribution in [0.2, 0.25) is 0 Å². The topological polar surface area (TPSA) is 69.4 Å². The lowest BCUT2D eigenvalue weighted by molar-refractivity contribution is 0.0829. The molecule has 2 N–H and O–H groups in total. The lowest BCUT2D eigenvalue weighted by Crippen LogP contribution is -2.31. The van der Waals surface area contributed by atoms with Crippen LogP contribution in [0.15, 0.2) is 17.0 Å². The molecule has 2 atom stereocenters. The van der Waals surface area contributed by atoms with Gasteiger partial charge in [0.25, 0.3) is 0 Å². The summed E-state index contributed by atoms with van der Waals surface area (Å²) >= 11 is 0. The molecule has 1 aromatic carbocycles. The fraction of sp³-hybridized carbons (Fsp3) is 0.571. The Morgan fingerprint density at radius 1 is 1.29 bits per heavy atom. The number of rotatable bonds is 4. The van der Waals surface area contributed by atoms with Gasteiger partial charge in [-0.05, 0) is 37.7 Å². The Bertz CT molecular complexity index is 619. The summed E-state index contributed by atoms with van der Waals surface area (Å²) in [5, 5.41) is 5.03. The summed E-state index contributed by atoms with van der Waals surface area (Å²) in [7, 11) is -4.26. The van der Waals surface area contributed by atoms with Crippen molar-refractivity contribution in [3.05, 3.63) is 23.8 Å². The van der Waals surface area contributed by atoms with Crippen molar-refractivity contribution in [3.8, 4) is 5.75 Å². The smallest absolute Gasteiger partial charge is 0.241 e. The SMILES string of the molecule is CCC1CCCCC1Oc1c(F)cc(F)cc1S(N)(=O)=O. The molecule has 0 heterocycles. The monoisotopic (exact) mass is 319 g/mol. The van der Waals surface area contributed by atoms with Gasteiger partial charge in [0.2, 0.25) is 10.0 Å². The first-order valence-corrected chi connectivity index (χ1v) is 8.56. The molecule has 0 aliphatic heterocycles. The molecule has 4 nitrogen and oxygen atoms in total. The second kappa shape index (κ2) is 6.27. The summed E-state index contributed by atoms with van der Waals surface area (Å²) in [5.41, 5.74) is 0. The zero-order valence-electron chi connectivity index (χ0n) is 11.8. The number of hydrogen-bond donors (Lipinski definition) is 1. The predicted molar refractivity (Wildman–Crippen MR) is 74.4 cm³/mol. The van der Waals surface area contributed by atoms with Gasteiger partial charge in [-0.3, -0.25) is 0 Å². The van der Waals surface area contributed by atoms with Gasteiger partial charge in [-0.2, -0.15) is 0 Å². The molecule has 118 valence electrons. The van der Waals surface area contributed by atoms with Gasteiger partial charge in [-0.1, -0.05) is 13.3 Å². The molecule has 0 aromatic heterocycles. The number of ether oxygens (including phenoxy) is 1. The summed E-state index contributed by atoms with van der Waals surface area (Å²) in [6, 6.07) is 1.30. The maximum Gasteiger partial charge on any atom is 0.241 e. The fourth-order valence-corrected chi connectivity index (χ4v) is 3.49. The molecule has 0 spiro atoms. The molecule has 1 aromatic rings. The molecule has 0 bridgehead atoms. The summed E-state index contributed by atoms with van der Waals surface area (Å²) in [5.74, 6) is -2.28. The Morgan fingerprint density at radius 3 is 2.57 bits per heavy atom. The van der Waals surface area contributed by atoms with Gasteiger partial charge in [0, 0.05) is 6.07 Å². The van der Waals surface area contributed by atoms with E-state index in [1.807, 2.05) is 6.92 Å². The molecule has 2 rings (SSSR count). The van der Waals surface area contributed by atoms with Gasteiger partial charge in [0.15, 0.2) is 11.6 Å². The number of sulfonamides is 1. The average molecular weight is 319 g/mol. The van der Waals surface area contributed by atoms with Crippen LogP contribution in [0.4, 0.5) is 8.78 Å². The minimum absolute atomic E-state index is 0.233. The van der Waals surface area contributed by atoms with Crippen molar-refractivity contribution in [3.63, 3.8) is 0 Å². The third-order valence-electron chi connectivity index (χ3n) is 3.91. The lowest BCUT2D eigenvalue weighted by Gasteiger charge is -2.31. The maximum absolute atomic E-state index is 13.9. The van der Waals surface area contributed by atoms with Crippen molar-refractivity contribution >= 4 is 10.0 Å². The molecular weight excluding hydrogens is 300 g/mol. The van der Waals surface area contributed by atoms with Crippen LogP contribution in [0, 0.1) is 17.6 Å². The van der Waals surface area contributed by atoms with Gasteiger partial charge < -0.3 is 4.74 Å². The van der Waals surface area contributed by atoms with Crippen LogP contribution in [0.1, 0.15) is 39.0 Å². The molecule has 1 aliphatic carbocycles. The van der Waals surface area contributed by atoms with E-state index in [2.05, 4.69) is 0 Å². The Labute approximate surface area is 123 Å². The van der Waals surface area contributed by atoms with E-state index in [1.165, 1.54) is 0 Å². The van der Waals surface area contributed by atoms with Crippen LogP contribution in [-0.2, 0) is 10.0 Å². The second-order valence-electron chi connectivity index (χ2n) is 5.37. The van der Waals surface area contributed by atoms with E-state index in [0.717, 1.165) is 32.1 Å². The quantitative estimate of drug-likeness (QED) is 0.927.